The SMILES string of the molecule is Cc1ccc(NC(=O)c2cccc(NS(=O)(=O)c3cc(C)ccc3C)c2)c(C)c1. The average Bonchev–Trinajstić information content (AvgIpc) is 2.65. The number of carbonyl (C=O) groups excluding carboxylic acids is 1. The Bertz CT molecular complexity index is 1180. The van der Waals surface area contributed by atoms with Gasteiger partial charge in [-0.15, -0.1) is 0 Å². The molecular weight excluding hydrogens is 384 g/mol. The van der Waals surface area contributed by atoms with E-state index in [1.54, 1.807) is 37.3 Å². The second kappa shape index (κ2) is 8.09. The minimum atomic E-state index is -3.76. The van der Waals surface area contributed by atoms with Crippen molar-refractivity contribution in [2.24, 2.45) is 0 Å². The highest BCUT2D eigenvalue weighted by Gasteiger charge is 2.18. The molecule has 6 heteroatoms. The van der Waals surface area contributed by atoms with Gasteiger partial charge in [0, 0.05) is 16.9 Å². The van der Waals surface area contributed by atoms with Crippen LogP contribution >= 0.6 is 0 Å². The molecule has 3 aromatic carbocycles. The quantitative estimate of drug-likeness (QED) is 0.626. The second-order valence-corrected chi connectivity index (χ2v) is 8.88. The third kappa shape index (κ3) is 4.84. The first-order valence-corrected chi connectivity index (χ1v) is 10.7. The number of sulfonamides is 1. The highest BCUT2D eigenvalue weighted by molar-refractivity contribution is 7.92. The van der Waals surface area contributed by atoms with Crippen LogP contribution in [0.3, 0.4) is 0 Å². The van der Waals surface area contributed by atoms with Crippen molar-refractivity contribution < 1.29 is 13.2 Å². The summed E-state index contributed by atoms with van der Waals surface area (Å²) in [5.41, 5.74) is 5.02. The summed E-state index contributed by atoms with van der Waals surface area (Å²) in [4.78, 5) is 12.9. The van der Waals surface area contributed by atoms with Crippen LogP contribution in [0.15, 0.2) is 65.6 Å². The molecule has 5 nitrogen and oxygen atoms in total. The number of nitrogens with one attached hydrogen (secondary N) is 2. The number of benzene rings is 3. The first kappa shape index (κ1) is 20.6. The van der Waals surface area contributed by atoms with Crippen LogP contribution in [0, 0.1) is 27.7 Å². The number of hydrogen-bond donors (Lipinski definition) is 2. The maximum Gasteiger partial charge on any atom is 0.262 e. The zero-order chi connectivity index (χ0) is 21.2. The highest BCUT2D eigenvalue weighted by atomic mass is 32.2. The summed E-state index contributed by atoms with van der Waals surface area (Å²) in [6.45, 7) is 7.51. The second-order valence-electron chi connectivity index (χ2n) is 7.23. The number of anilines is 2. The number of aryl methyl sites for hydroxylation is 4. The van der Waals surface area contributed by atoms with Crippen LogP contribution < -0.4 is 10.0 Å². The highest BCUT2D eigenvalue weighted by Crippen LogP contribution is 2.22. The normalized spacial score (nSPS) is 11.2. The minimum Gasteiger partial charge on any atom is -0.322 e. The Balaban J connectivity index is 1.83. The molecule has 0 aliphatic heterocycles. The summed E-state index contributed by atoms with van der Waals surface area (Å²) in [5, 5.41) is 2.88. The molecule has 0 fully saturated rings. The predicted octanol–water partition coefficient (Wildman–Crippen LogP) is 4.97. The van der Waals surface area contributed by atoms with E-state index >= 15 is 0 Å². The minimum absolute atomic E-state index is 0.225. The number of carbonyl (C=O) groups is 1. The molecule has 0 bridgehead atoms. The largest absolute Gasteiger partial charge is 0.322 e. The van der Waals surface area contributed by atoms with Gasteiger partial charge in [-0.2, -0.15) is 0 Å². The van der Waals surface area contributed by atoms with E-state index in [9.17, 15) is 13.2 Å². The molecule has 0 spiro atoms. The van der Waals surface area contributed by atoms with Crippen molar-refractivity contribution in [1.82, 2.24) is 0 Å². The molecule has 0 aliphatic carbocycles. The Hall–Kier alpha value is -3.12. The van der Waals surface area contributed by atoms with Gasteiger partial charge in [0.1, 0.15) is 0 Å². The molecule has 3 rings (SSSR count). The standard InChI is InChI=1S/C23H24N2O3S/c1-15-9-11-21(18(4)12-15)24-23(26)19-6-5-7-20(14-19)25-29(27,28)22-13-16(2)8-10-17(22)3/h5-14,25H,1-4H3,(H,24,26). The molecule has 29 heavy (non-hydrogen) atoms. The molecule has 0 atom stereocenters. The first-order valence-electron chi connectivity index (χ1n) is 9.24. The molecule has 1 amide bonds. The van der Waals surface area contributed by atoms with Crippen molar-refractivity contribution in [3.05, 3.63) is 88.5 Å². The summed E-state index contributed by atoms with van der Waals surface area (Å²) in [6.07, 6.45) is 0. The van der Waals surface area contributed by atoms with E-state index in [-0.39, 0.29) is 10.8 Å². The summed E-state index contributed by atoms with van der Waals surface area (Å²) < 4.78 is 28.2. The summed E-state index contributed by atoms with van der Waals surface area (Å²) in [7, 11) is -3.76. The predicted molar refractivity (Wildman–Crippen MR) is 117 cm³/mol. The topological polar surface area (TPSA) is 75.3 Å². The molecule has 3 aromatic rings. The van der Waals surface area contributed by atoms with Crippen molar-refractivity contribution in [2.75, 3.05) is 10.0 Å². The van der Waals surface area contributed by atoms with Gasteiger partial charge in [-0.05, 0) is 74.7 Å². The lowest BCUT2D eigenvalue weighted by Gasteiger charge is -2.13. The van der Waals surface area contributed by atoms with Crippen molar-refractivity contribution in [2.45, 2.75) is 32.6 Å². The van der Waals surface area contributed by atoms with E-state index in [0.29, 0.717) is 16.8 Å². The van der Waals surface area contributed by atoms with Gasteiger partial charge >= 0.3 is 0 Å². The smallest absolute Gasteiger partial charge is 0.262 e. The van der Waals surface area contributed by atoms with Gasteiger partial charge < -0.3 is 5.32 Å². The molecule has 0 heterocycles. The molecule has 0 unspecified atom stereocenters. The molecule has 0 aromatic heterocycles. The first-order chi connectivity index (χ1) is 13.7. The fourth-order valence-corrected chi connectivity index (χ4v) is 4.46. The number of amides is 1. The molecule has 0 radical (unpaired) electrons. The molecule has 0 aliphatic rings. The van der Waals surface area contributed by atoms with E-state index in [2.05, 4.69) is 10.0 Å². The van der Waals surface area contributed by atoms with Crippen LogP contribution in [0.2, 0.25) is 0 Å². The molecule has 0 saturated carbocycles. The van der Waals surface area contributed by atoms with Gasteiger partial charge in [0.05, 0.1) is 4.90 Å². The molecular formula is C23H24N2O3S. The van der Waals surface area contributed by atoms with E-state index in [4.69, 9.17) is 0 Å². The third-order valence-electron chi connectivity index (χ3n) is 4.64. The van der Waals surface area contributed by atoms with E-state index < -0.39 is 10.0 Å². The lowest BCUT2D eigenvalue weighted by molar-refractivity contribution is 0.102. The van der Waals surface area contributed by atoms with Gasteiger partial charge in [-0.3, -0.25) is 9.52 Å². The molecule has 2 N–H and O–H groups in total. The van der Waals surface area contributed by atoms with Crippen LogP contribution in [-0.4, -0.2) is 14.3 Å². The van der Waals surface area contributed by atoms with Gasteiger partial charge in [-0.25, -0.2) is 8.42 Å². The zero-order valence-corrected chi connectivity index (χ0v) is 17.7. The van der Waals surface area contributed by atoms with Gasteiger partial charge in [0.15, 0.2) is 0 Å². The van der Waals surface area contributed by atoms with Crippen molar-refractivity contribution >= 4 is 27.3 Å². The monoisotopic (exact) mass is 408 g/mol. The van der Waals surface area contributed by atoms with Gasteiger partial charge in [0.25, 0.3) is 15.9 Å². The maximum atomic E-state index is 12.8. The fourth-order valence-electron chi connectivity index (χ4n) is 3.08. The van der Waals surface area contributed by atoms with E-state index in [0.717, 1.165) is 22.4 Å². The Labute approximate surface area is 171 Å². The van der Waals surface area contributed by atoms with Crippen LogP contribution in [-0.2, 0) is 10.0 Å². The van der Waals surface area contributed by atoms with E-state index in [1.165, 1.54) is 6.07 Å². The Kier molecular flexibility index (Phi) is 5.75. The summed E-state index contributed by atoms with van der Waals surface area (Å²) in [6, 6.07) is 17.5. The Morgan fingerprint density at radius 1 is 0.793 bits per heavy atom. The summed E-state index contributed by atoms with van der Waals surface area (Å²) >= 11 is 0. The molecule has 0 saturated heterocycles. The van der Waals surface area contributed by atoms with Crippen LogP contribution in [0.4, 0.5) is 11.4 Å². The van der Waals surface area contributed by atoms with Gasteiger partial charge in [-0.1, -0.05) is 35.9 Å². The van der Waals surface area contributed by atoms with Crippen LogP contribution in [0.5, 0.6) is 0 Å². The van der Waals surface area contributed by atoms with Crippen LogP contribution in [0.1, 0.15) is 32.6 Å². The Morgan fingerprint density at radius 3 is 2.21 bits per heavy atom. The number of rotatable bonds is 5. The average molecular weight is 409 g/mol. The van der Waals surface area contributed by atoms with Crippen molar-refractivity contribution in [1.29, 1.82) is 0 Å². The van der Waals surface area contributed by atoms with Crippen molar-refractivity contribution in [3.63, 3.8) is 0 Å². The lowest BCUT2D eigenvalue weighted by atomic mass is 10.1. The van der Waals surface area contributed by atoms with E-state index in [1.807, 2.05) is 45.0 Å². The van der Waals surface area contributed by atoms with Gasteiger partial charge in [0.2, 0.25) is 0 Å². The summed E-state index contributed by atoms with van der Waals surface area (Å²) in [5.74, 6) is -0.301. The Morgan fingerprint density at radius 2 is 1.48 bits per heavy atom. The molecule has 150 valence electrons. The van der Waals surface area contributed by atoms with Crippen LogP contribution in [0.25, 0.3) is 0 Å². The lowest BCUT2D eigenvalue weighted by Crippen LogP contribution is -2.16. The maximum absolute atomic E-state index is 12.8. The third-order valence-corrected chi connectivity index (χ3v) is 6.16. The van der Waals surface area contributed by atoms with Crippen molar-refractivity contribution in [3.8, 4) is 0 Å². The zero-order valence-electron chi connectivity index (χ0n) is 16.9. The fraction of sp³-hybridized carbons (Fsp3) is 0.174. The number of hydrogen-bond acceptors (Lipinski definition) is 3.